The normalized spacial score (nSPS) is 10.7. The average molecular weight is 415 g/mol. The Labute approximate surface area is 180 Å². The molecule has 0 atom stereocenters. The number of nitrogens with one attached hydrogen (secondary N) is 1. The average Bonchev–Trinajstić information content (AvgIpc) is 3.07. The van der Waals surface area contributed by atoms with Crippen LogP contribution >= 0.6 is 12.2 Å². The number of carbonyl (C=O) groups excluding carboxylic acids is 1. The van der Waals surface area contributed by atoms with Gasteiger partial charge in [-0.3, -0.25) is 9.36 Å². The van der Waals surface area contributed by atoms with Gasteiger partial charge < -0.3 is 5.32 Å². The van der Waals surface area contributed by atoms with E-state index in [1.165, 1.54) is 5.56 Å². The Bertz CT molecular complexity index is 1220. The number of para-hydroxylation sites is 1. The molecule has 4 rings (SSSR count). The van der Waals surface area contributed by atoms with Gasteiger partial charge in [-0.05, 0) is 50.3 Å². The Hall–Kier alpha value is -3.51. The van der Waals surface area contributed by atoms with Crippen molar-refractivity contribution in [1.29, 1.82) is 0 Å². The van der Waals surface area contributed by atoms with Crippen molar-refractivity contribution in [2.45, 2.75) is 20.4 Å². The van der Waals surface area contributed by atoms with E-state index in [9.17, 15) is 4.79 Å². The zero-order chi connectivity index (χ0) is 21.1. The fraction of sp³-hybridized carbons (Fsp3) is 0.125. The van der Waals surface area contributed by atoms with Crippen molar-refractivity contribution >= 4 is 23.8 Å². The topological polar surface area (TPSA) is 51.9 Å². The van der Waals surface area contributed by atoms with Gasteiger partial charge in [-0.15, -0.1) is 0 Å². The van der Waals surface area contributed by atoms with Crippen LogP contribution in [-0.2, 0) is 11.3 Å². The van der Waals surface area contributed by atoms with Crippen LogP contribution < -0.4 is 5.32 Å². The summed E-state index contributed by atoms with van der Waals surface area (Å²) in [6, 6.07) is 25.6. The van der Waals surface area contributed by atoms with Gasteiger partial charge in [-0.2, -0.15) is 5.10 Å². The summed E-state index contributed by atoms with van der Waals surface area (Å²) in [6.45, 7) is 4.08. The van der Waals surface area contributed by atoms with Crippen molar-refractivity contribution in [3.05, 3.63) is 94.8 Å². The maximum Gasteiger partial charge on any atom is 0.246 e. The summed E-state index contributed by atoms with van der Waals surface area (Å²) in [6.07, 6.45) is 0. The first-order valence-corrected chi connectivity index (χ1v) is 10.1. The molecule has 0 saturated heterocycles. The molecule has 150 valence electrons. The van der Waals surface area contributed by atoms with Crippen molar-refractivity contribution in [3.63, 3.8) is 0 Å². The van der Waals surface area contributed by atoms with Gasteiger partial charge in [-0.25, -0.2) is 4.68 Å². The third kappa shape index (κ3) is 4.23. The third-order valence-electron chi connectivity index (χ3n) is 4.79. The zero-order valence-electron chi connectivity index (χ0n) is 16.9. The summed E-state index contributed by atoms with van der Waals surface area (Å²) in [4.78, 5) is 12.6. The summed E-state index contributed by atoms with van der Waals surface area (Å²) < 4.78 is 3.94. The van der Waals surface area contributed by atoms with Crippen LogP contribution in [0.15, 0.2) is 78.9 Å². The highest BCUT2D eigenvalue weighted by molar-refractivity contribution is 7.71. The lowest BCUT2D eigenvalue weighted by atomic mass is 10.1. The minimum absolute atomic E-state index is 0.0331. The number of aromatic nitrogens is 3. The Balaban J connectivity index is 1.70. The van der Waals surface area contributed by atoms with Crippen LogP contribution in [-0.4, -0.2) is 20.3 Å². The Morgan fingerprint density at radius 3 is 2.13 bits per heavy atom. The van der Waals surface area contributed by atoms with Gasteiger partial charge in [0.2, 0.25) is 10.7 Å². The molecule has 0 radical (unpaired) electrons. The third-order valence-corrected chi connectivity index (χ3v) is 5.19. The van der Waals surface area contributed by atoms with Gasteiger partial charge >= 0.3 is 0 Å². The molecule has 0 fully saturated rings. The van der Waals surface area contributed by atoms with E-state index in [1.807, 2.05) is 97.3 Å². The number of benzene rings is 3. The fourth-order valence-electron chi connectivity index (χ4n) is 3.18. The summed E-state index contributed by atoms with van der Waals surface area (Å²) in [7, 11) is 0. The number of aryl methyl sites for hydroxylation is 2. The molecule has 0 aliphatic carbocycles. The Kier molecular flexibility index (Phi) is 5.59. The second-order valence-corrected chi connectivity index (χ2v) is 7.58. The second kappa shape index (κ2) is 8.47. The molecule has 30 heavy (non-hydrogen) atoms. The minimum atomic E-state index is -0.178. The van der Waals surface area contributed by atoms with Crippen LogP contribution in [0.1, 0.15) is 11.1 Å². The van der Waals surface area contributed by atoms with Crippen LogP contribution in [0.3, 0.4) is 0 Å². The molecule has 0 bridgehead atoms. The summed E-state index contributed by atoms with van der Waals surface area (Å²) in [5, 5.41) is 7.60. The molecule has 3 aromatic carbocycles. The summed E-state index contributed by atoms with van der Waals surface area (Å²) in [5.41, 5.74) is 4.90. The number of carbonyl (C=O) groups is 1. The molecule has 1 heterocycles. The Morgan fingerprint density at radius 1 is 0.900 bits per heavy atom. The largest absolute Gasteiger partial charge is 0.324 e. The first-order chi connectivity index (χ1) is 14.5. The van der Waals surface area contributed by atoms with E-state index in [0.29, 0.717) is 10.6 Å². The van der Waals surface area contributed by atoms with Gasteiger partial charge in [0, 0.05) is 16.9 Å². The molecule has 0 saturated carbocycles. The number of nitrogens with zero attached hydrogens (tertiary/aromatic N) is 3. The Morgan fingerprint density at radius 2 is 1.50 bits per heavy atom. The van der Waals surface area contributed by atoms with Crippen LogP contribution in [0.5, 0.6) is 0 Å². The molecule has 5 nitrogen and oxygen atoms in total. The molecule has 0 spiro atoms. The molecule has 4 aromatic rings. The first-order valence-electron chi connectivity index (χ1n) is 9.70. The molecule has 0 unspecified atom stereocenters. The predicted octanol–water partition coefficient (Wildman–Crippen LogP) is 5.33. The summed E-state index contributed by atoms with van der Waals surface area (Å²) in [5.74, 6) is 0.525. The number of hydrogen-bond donors (Lipinski definition) is 1. The van der Waals surface area contributed by atoms with Crippen molar-refractivity contribution in [2.75, 3.05) is 5.32 Å². The van der Waals surface area contributed by atoms with Gasteiger partial charge in [-0.1, -0.05) is 65.7 Å². The highest BCUT2D eigenvalue weighted by atomic mass is 32.1. The SMILES string of the molecule is Cc1ccc(NC(=O)Cn2nc(-c3ccc(C)cc3)n(-c3ccccc3)c2=S)cc1. The number of amides is 1. The minimum Gasteiger partial charge on any atom is -0.324 e. The lowest BCUT2D eigenvalue weighted by Crippen LogP contribution is -2.19. The van der Waals surface area contributed by atoms with Crippen LogP contribution in [0, 0.1) is 18.6 Å². The lowest BCUT2D eigenvalue weighted by molar-refractivity contribution is -0.116. The van der Waals surface area contributed by atoms with Crippen molar-refractivity contribution in [3.8, 4) is 17.1 Å². The van der Waals surface area contributed by atoms with Crippen molar-refractivity contribution in [2.24, 2.45) is 0 Å². The van der Waals surface area contributed by atoms with E-state index < -0.39 is 0 Å². The summed E-state index contributed by atoms with van der Waals surface area (Å²) >= 11 is 5.70. The van der Waals surface area contributed by atoms with Gasteiger partial charge in [0.25, 0.3) is 0 Å². The smallest absolute Gasteiger partial charge is 0.246 e. The quantitative estimate of drug-likeness (QED) is 0.449. The van der Waals surface area contributed by atoms with Crippen molar-refractivity contribution < 1.29 is 4.79 Å². The maximum atomic E-state index is 12.6. The van der Waals surface area contributed by atoms with Gasteiger partial charge in [0.15, 0.2) is 5.82 Å². The molecular formula is C24H22N4OS. The molecule has 1 N–H and O–H groups in total. The van der Waals surface area contributed by atoms with E-state index >= 15 is 0 Å². The molecular weight excluding hydrogens is 392 g/mol. The molecule has 1 amide bonds. The second-order valence-electron chi connectivity index (χ2n) is 7.22. The van der Waals surface area contributed by atoms with E-state index in [1.54, 1.807) is 4.68 Å². The van der Waals surface area contributed by atoms with Crippen LogP contribution in [0.4, 0.5) is 5.69 Å². The number of rotatable bonds is 5. The number of hydrogen-bond acceptors (Lipinski definition) is 3. The highest BCUT2D eigenvalue weighted by Gasteiger charge is 2.16. The van der Waals surface area contributed by atoms with Gasteiger partial charge in [0.1, 0.15) is 6.54 Å². The molecule has 0 aliphatic heterocycles. The molecule has 6 heteroatoms. The first kappa shape index (κ1) is 19.8. The zero-order valence-corrected chi connectivity index (χ0v) is 17.7. The lowest BCUT2D eigenvalue weighted by Gasteiger charge is -2.07. The monoisotopic (exact) mass is 414 g/mol. The fourth-order valence-corrected chi connectivity index (χ4v) is 3.48. The standard InChI is InChI=1S/C24H22N4OS/c1-17-8-12-19(13-9-17)23-26-27(24(30)28(23)21-6-4-3-5-7-21)16-22(29)25-20-14-10-18(2)11-15-20/h3-15H,16H2,1-2H3,(H,25,29). The maximum absolute atomic E-state index is 12.6. The van der Waals surface area contributed by atoms with E-state index in [4.69, 9.17) is 17.3 Å². The molecule has 1 aromatic heterocycles. The van der Waals surface area contributed by atoms with Gasteiger partial charge in [0.05, 0.1) is 0 Å². The van der Waals surface area contributed by atoms with Crippen LogP contribution in [0.25, 0.3) is 17.1 Å². The van der Waals surface area contributed by atoms with Crippen LogP contribution in [0.2, 0.25) is 0 Å². The number of anilines is 1. The van der Waals surface area contributed by atoms with E-state index in [0.717, 1.165) is 22.5 Å². The predicted molar refractivity (Wildman–Crippen MR) is 122 cm³/mol. The molecule has 0 aliphatic rings. The van der Waals surface area contributed by atoms with E-state index in [-0.39, 0.29) is 12.5 Å². The van der Waals surface area contributed by atoms with Crippen molar-refractivity contribution in [1.82, 2.24) is 14.3 Å². The highest BCUT2D eigenvalue weighted by Crippen LogP contribution is 2.23. The van der Waals surface area contributed by atoms with E-state index in [2.05, 4.69) is 5.32 Å².